The van der Waals surface area contributed by atoms with Crippen molar-refractivity contribution in [3.05, 3.63) is 35.9 Å². The standard InChI is InChI=1S/C15H22NO/c1-2-3-13-17-15(11-7-8-12-16-15)14-9-5-4-6-10-14/h4-6,9-10H,2-3,7-8,11-13H2,1H3. The highest BCUT2D eigenvalue weighted by atomic mass is 16.5. The van der Waals surface area contributed by atoms with Crippen molar-refractivity contribution in [2.45, 2.75) is 44.8 Å². The summed E-state index contributed by atoms with van der Waals surface area (Å²) in [5.74, 6) is 0. The maximum atomic E-state index is 6.13. The second-order valence-electron chi connectivity index (χ2n) is 4.69. The second kappa shape index (κ2) is 6.18. The number of hydrogen-bond donors (Lipinski definition) is 0. The Bertz CT molecular complexity index is 317. The molecular formula is C15H22NO. The van der Waals surface area contributed by atoms with E-state index in [0.717, 1.165) is 26.0 Å². The first-order chi connectivity index (χ1) is 8.37. The van der Waals surface area contributed by atoms with Gasteiger partial charge in [-0.2, -0.15) is 0 Å². The molecule has 93 valence electrons. The number of ether oxygens (including phenoxy) is 1. The Hall–Kier alpha value is -0.860. The van der Waals surface area contributed by atoms with Crippen LogP contribution in [-0.2, 0) is 10.5 Å². The number of benzene rings is 1. The van der Waals surface area contributed by atoms with Crippen molar-refractivity contribution in [3.8, 4) is 0 Å². The highest BCUT2D eigenvalue weighted by Gasteiger charge is 2.35. The van der Waals surface area contributed by atoms with E-state index in [-0.39, 0.29) is 5.72 Å². The molecule has 0 spiro atoms. The van der Waals surface area contributed by atoms with Crippen LogP contribution in [0.3, 0.4) is 0 Å². The van der Waals surface area contributed by atoms with E-state index in [2.05, 4.69) is 31.2 Å². The Kier molecular flexibility index (Phi) is 4.57. The molecule has 1 aromatic rings. The van der Waals surface area contributed by atoms with Crippen LogP contribution in [0.1, 0.15) is 44.6 Å². The first kappa shape index (κ1) is 12.6. The van der Waals surface area contributed by atoms with Gasteiger partial charge in [-0.25, -0.2) is 5.32 Å². The summed E-state index contributed by atoms with van der Waals surface area (Å²) in [6.45, 7) is 3.94. The molecular weight excluding hydrogens is 210 g/mol. The molecule has 1 aliphatic heterocycles. The monoisotopic (exact) mass is 232 g/mol. The van der Waals surface area contributed by atoms with Gasteiger partial charge >= 0.3 is 0 Å². The zero-order chi connectivity index (χ0) is 12.0. The first-order valence-corrected chi connectivity index (χ1v) is 6.75. The SMILES string of the molecule is CCCCOC1(c2ccccc2)CCCC[N]1. The summed E-state index contributed by atoms with van der Waals surface area (Å²) in [5.41, 5.74) is 0.866. The molecule has 0 bridgehead atoms. The molecule has 1 aromatic carbocycles. The lowest BCUT2D eigenvalue weighted by atomic mass is 9.93. The summed E-state index contributed by atoms with van der Waals surface area (Å²) in [6.07, 6.45) is 5.73. The zero-order valence-electron chi connectivity index (χ0n) is 10.7. The summed E-state index contributed by atoms with van der Waals surface area (Å²) >= 11 is 0. The largest absolute Gasteiger partial charge is 0.355 e. The lowest BCUT2D eigenvalue weighted by molar-refractivity contribution is -0.0982. The quantitative estimate of drug-likeness (QED) is 0.713. The van der Waals surface area contributed by atoms with E-state index >= 15 is 0 Å². The third-order valence-electron chi connectivity index (χ3n) is 3.35. The normalized spacial score (nSPS) is 24.8. The van der Waals surface area contributed by atoms with E-state index in [1.54, 1.807) is 0 Å². The fraction of sp³-hybridized carbons (Fsp3) is 0.600. The van der Waals surface area contributed by atoms with Gasteiger partial charge in [-0.3, -0.25) is 0 Å². The van der Waals surface area contributed by atoms with Crippen molar-refractivity contribution in [3.63, 3.8) is 0 Å². The van der Waals surface area contributed by atoms with Gasteiger partial charge in [-0.1, -0.05) is 43.7 Å². The molecule has 0 saturated carbocycles. The molecule has 1 fully saturated rings. The molecule has 0 amide bonds. The van der Waals surface area contributed by atoms with Gasteiger partial charge in [0.1, 0.15) is 0 Å². The van der Waals surface area contributed by atoms with Crippen molar-refractivity contribution >= 4 is 0 Å². The van der Waals surface area contributed by atoms with Crippen LogP contribution in [0.5, 0.6) is 0 Å². The fourth-order valence-electron chi connectivity index (χ4n) is 2.34. The highest BCUT2D eigenvalue weighted by molar-refractivity contribution is 5.22. The van der Waals surface area contributed by atoms with Crippen molar-refractivity contribution < 1.29 is 4.74 Å². The van der Waals surface area contributed by atoms with E-state index < -0.39 is 0 Å². The first-order valence-electron chi connectivity index (χ1n) is 6.75. The summed E-state index contributed by atoms with van der Waals surface area (Å²) in [7, 11) is 0. The Morgan fingerprint density at radius 2 is 2.06 bits per heavy atom. The molecule has 1 saturated heterocycles. The smallest absolute Gasteiger partial charge is 0.160 e. The molecule has 2 nitrogen and oxygen atoms in total. The minimum atomic E-state index is -0.353. The predicted octanol–water partition coefficient (Wildman–Crippen LogP) is 3.44. The number of unbranched alkanes of at least 4 members (excludes halogenated alkanes) is 1. The molecule has 1 radical (unpaired) electrons. The fourth-order valence-corrected chi connectivity index (χ4v) is 2.34. The number of nitrogens with zero attached hydrogens (tertiary/aromatic N) is 1. The maximum absolute atomic E-state index is 6.13. The van der Waals surface area contributed by atoms with Gasteiger partial charge in [-0.05, 0) is 31.2 Å². The Balaban J connectivity index is 2.11. The van der Waals surface area contributed by atoms with Crippen LogP contribution >= 0.6 is 0 Å². The molecule has 1 atom stereocenters. The molecule has 0 N–H and O–H groups in total. The Labute approximate surface area is 104 Å². The number of rotatable bonds is 5. The van der Waals surface area contributed by atoms with Crippen LogP contribution < -0.4 is 5.32 Å². The molecule has 1 heterocycles. The van der Waals surface area contributed by atoms with Gasteiger partial charge < -0.3 is 4.74 Å². The summed E-state index contributed by atoms with van der Waals surface area (Å²) < 4.78 is 6.13. The third-order valence-corrected chi connectivity index (χ3v) is 3.35. The van der Waals surface area contributed by atoms with Crippen LogP contribution in [0.2, 0.25) is 0 Å². The van der Waals surface area contributed by atoms with E-state index in [1.165, 1.54) is 24.8 Å². The van der Waals surface area contributed by atoms with Crippen LogP contribution in [0, 0.1) is 0 Å². The molecule has 0 aromatic heterocycles. The predicted molar refractivity (Wildman–Crippen MR) is 69.8 cm³/mol. The van der Waals surface area contributed by atoms with Gasteiger partial charge in [0.2, 0.25) is 0 Å². The minimum Gasteiger partial charge on any atom is -0.355 e. The summed E-state index contributed by atoms with van der Waals surface area (Å²) in [6, 6.07) is 10.5. The average Bonchev–Trinajstić information content (AvgIpc) is 2.41. The Morgan fingerprint density at radius 1 is 1.24 bits per heavy atom. The van der Waals surface area contributed by atoms with E-state index in [9.17, 15) is 0 Å². The minimum absolute atomic E-state index is 0.353. The molecule has 17 heavy (non-hydrogen) atoms. The van der Waals surface area contributed by atoms with Crippen LogP contribution in [0.25, 0.3) is 0 Å². The van der Waals surface area contributed by atoms with Crippen molar-refractivity contribution in [2.75, 3.05) is 13.2 Å². The van der Waals surface area contributed by atoms with Gasteiger partial charge in [0.25, 0.3) is 0 Å². The lowest BCUT2D eigenvalue weighted by Crippen LogP contribution is -2.43. The number of piperidine rings is 1. The highest BCUT2D eigenvalue weighted by Crippen LogP contribution is 2.33. The molecule has 1 unspecified atom stereocenters. The van der Waals surface area contributed by atoms with Gasteiger partial charge in [0, 0.05) is 13.2 Å². The van der Waals surface area contributed by atoms with E-state index in [4.69, 9.17) is 10.1 Å². The summed E-state index contributed by atoms with van der Waals surface area (Å²) in [4.78, 5) is 0. The molecule has 1 aliphatic rings. The zero-order valence-corrected chi connectivity index (χ0v) is 10.7. The lowest BCUT2D eigenvalue weighted by Gasteiger charge is -2.37. The second-order valence-corrected chi connectivity index (χ2v) is 4.69. The van der Waals surface area contributed by atoms with Crippen LogP contribution in [-0.4, -0.2) is 13.2 Å². The molecule has 2 heteroatoms. The van der Waals surface area contributed by atoms with E-state index in [1.807, 2.05) is 6.07 Å². The Morgan fingerprint density at radius 3 is 2.71 bits per heavy atom. The van der Waals surface area contributed by atoms with Crippen molar-refractivity contribution in [2.24, 2.45) is 0 Å². The number of hydrogen-bond acceptors (Lipinski definition) is 1. The molecule has 2 rings (SSSR count). The van der Waals surface area contributed by atoms with Gasteiger partial charge in [0.05, 0.1) is 0 Å². The topological polar surface area (TPSA) is 23.3 Å². The van der Waals surface area contributed by atoms with Gasteiger partial charge in [0.15, 0.2) is 5.72 Å². The maximum Gasteiger partial charge on any atom is 0.160 e. The van der Waals surface area contributed by atoms with E-state index in [0.29, 0.717) is 0 Å². The molecule has 0 aliphatic carbocycles. The van der Waals surface area contributed by atoms with Crippen LogP contribution in [0.15, 0.2) is 30.3 Å². The van der Waals surface area contributed by atoms with Gasteiger partial charge in [-0.15, -0.1) is 0 Å². The summed E-state index contributed by atoms with van der Waals surface area (Å²) in [5, 5.41) is 4.78. The van der Waals surface area contributed by atoms with Crippen molar-refractivity contribution in [1.29, 1.82) is 0 Å². The van der Waals surface area contributed by atoms with Crippen molar-refractivity contribution in [1.82, 2.24) is 5.32 Å². The average molecular weight is 232 g/mol. The van der Waals surface area contributed by atoms with Crippen LogP contribution in [0.4, 0.5) is 0 Å². The third kappa shape index (κ3) is 3.08.